The van der Waals surface area contributed by atoms with Crippen molar-refractivity contribution in [1.82, 2.24) is 9.97 Å². The van der Waals surface area contributed by atoms with E-state index in [0.717, 1.165) is 42.6 Å². The van der Waals surface area contributed by atoms with Gasteiger partial charge in [-0.15, -0.1) is 0 Å². The molecule has 0 N–H and O–H groups in total. The Morgan fingerprint density at radius 2 is 1.32 bits per heavy atom. The van der Waals surface area contributed by atoms with Crippen molar-refractivity contribution in [2.24, 2.45) is 0 Å². The number of aromatic nitrogens is 2. The van der Waals surface area contributed by atoms with E-state index in [-0.39, 0.29) is 0 Å². The lowest BCUT2D eigenvalue weighted by atomic mass is 10.0. The van der Waals surface area contributed by atoms with Gasteiger partial charge in [0, 0.05) is 18.0 Å². The topological polar surface area (TPSA) is 25.8 Å². The predicted octanol–water partition coefficient (Wildman–Crippen LogP) is 7.51. The summed E-state index contributed by atoms with van der Waals surface area (Å²) >= 11 is 0. The molecule has 1 aromatic carbocycles. The van der Waals surface area contributed by atoms with Gasteiger partial charge < -0.3 is 0 Å². The molecule has 1 atom stereocenters. The van der Waals surface area contributed by atoms with E-state index in [1.165, 1.54) is 50.5 Å². The highest BCUT2D eigenvalue weighted by atomic mass is 19.1. The fourth-order valence-electron chi connectivity index (χ4n) is 3.49. The van der Waals surface area contributed by atoms with Crippen molar-refractivity contribution < 1.29 is 4.39 Å². The first-order valence-electron chi connectivity index (χ1n) is 11.2. The van der Waals surface area contributed by atoms with Crippen LogP contribution in [0.4, 0.5) is 4.39 Å². The summed E-state index contributed by atoms with van der Waals surface area (Å²) in [5, 5.41) is 0. The van der Waals surface area contributed by atoms with Gasteiger partial charge in [0.05, 0.1) is 6.17 Å². The predicted molar refractivity (Wildman–Crippen MR) is 117 cm³/mol. The molecule has 2 aromatic rings. The summed E-state index contributed by atoms with van der Waals surface area (Å²) in [7, 11) is 0. The average Bonchev–Trinajstić information content (AvgIpc) is 2.71. The first kappa shape index (κ1) is 22.5. The number of aryl methyl sites for hydroxylation is 2. The number of benzene rings is 1. The minimum Gasteiger partial charge on any atom is -0.248 e. The molecule has 28 heavy (non-hydrogen) atoms. The fourth-order valence-corrected chi connectivity index (χ4v) is 3.49. The third-order valence-electron chi connectivity index (χ3n) is 5.30. The number of nitrogens with zero attached hydrogens (tertiary/aromatic N) is 2. The zero-order valence-corrected chi connectivity index (χ0v) is 17.8. The Labute approximate surface area is 171 Å². The van der Waals surface area contributed by atoms with Crippen molar-refractivity contribution in [1.29, 1.82) is 0 Å². The van der Waals surface area contributed by atoms with Crippen LogP contribution in [0.25, 0.3) is 11.4 Å². The Bertz CT molecular complexity index is 635. The number of hydrogen-bond donors (Lipinski definition) is 0. The minimum absolute atomic E-state index is 0.643. The van der Waals surface area contributed by atoms with Gasteiger partial charge in [0.1, 0.15) is 0 Å². The van der Waals surface area contributed by atoms with E-state index in [0.29, 0.717) is 6.42 Å². The van der Waals surface area contributed by atoms with Gasteiger partial charge in [-0.25, -0.2) is 14.4 Å². The maximum absolute atomic E-state index is 12.8. The lowest BCUT2D eigenvalue weighted by molar-refractivity contribution is 0.331. The number of unbranched alkanes of at least 4 members (excludes halogenated alkanes) is 7. The highest BCUT2D eigenvalue weighted by Gasteiger charge is 2.03. The van der Waals surface area contributed by atoms with Gasteiger partial charge >= 0.3 is 0 Å². The molecule has 0 saturated carbocycles. The van der Waals surface area contributed by atoms with Gasteiger partial charge in [-0.3, -0.25) is 0 Å². The molecule has 0 fully saturated rings. The summed E-state index contributed by atoms with van der Waals surface area (Å²) in [6, 6.07) is 8.69. The van der Waals surface area contributed by atoms with Crippen molar-refractivity contribution in [3.05, 3.63) is 47.8 Å². The van der Waals surface area contributed by atoms with Crippen molar-refractivity contribution in [2.45, 2.75) is 97.1 Å². The Morgan fingerprint density at radius 3 is 1.96 bits per heavy atom. The zero-order chi connectivity index (χ0) is 20.0. The number of hydrogen-bond acceptors (Lipinski definition) is 2. The smallest absolute Gasteiger partial charge is 0.159 e. The van der Waals surface area contributed by atoms with Crippen molar-refractivity contribution in [2.75, 3.05) is 0 Å². The van der Waals surface area contributed by atoms with Gasteiger partial charge in [0.25, 0.3) is 0 Å². The highest BCUT2D eigenvalue weighted by molar-refractivity contribution is 5.55. The Balaban J connectivity index is 1.72. The third-order valence-corrected chi connectivity index (χ3v) is 5.30. The number of halogens is 1. The molecule has 0 aliphatic carbocycles. The minimum atomic E-state index is -0.701. The molecule has 2 rings (SSSR count). The molecule has 0 aliphatic heterocycles. The monoisotopic (exact) mass is 384 g/mol. The van der Waals surface area contributed by atoms with E-state index in [1.54, 1.807) is 6.92 Å². The van der Waals surface area contributed by atoms with Gasteiger partial charge in [0.15, 0.2) is 5.82 Å². The quantitative estimate of drug-likeness (QED) is 0.315. The van der Waals surface area contributed by atoms with E-state index in [1.807, 2.05) is 12.4 Å². The molecule has 154 valence electrons. The Kier molecular flexibility index (Phi) is 10.8. The van der Waals surface area contributed by atoms with E-state index >= 15 is 0 Å². The molecule has 0 saturated heterocycles. The van der Waals surface area contributed by atoms with Crippen LogP contribution < -0.4 is 0 Å². The van der Waals surface area contributed by atoms with Crippen LogP contribution in [0.1, 0.15) is 89.2 Å². The fraction of sp³-hybridized carbons (Fsp3) is 0.600. The first-order valence-corrected chi connectivity index (χ1v) is 11.2. The summed E-state index contributed by atoms with van der Waals surface area (Å²) in [6.45, 7) is 3.89. The van der Waals surface area contributed by atoms with E-state index in [4.69, 9.17) is 0 Å². The van der Waals surface area contributed by atoms with Crippen LogP contribution in [0.15, 0.2) is 36.7 Å². The molecule has 1 unspecified atom stereocenters. The number of rotatable bonds is 14. The lowest BCUT2D eigenvalue weighted by Gasteiger charge is -2.06. The maximum atomic E-state index is 12.8. The van der Waals surface area contributed by atoms with Crippen LogP contribution in [-0.2, 0) is 12.8 Å². The third kappa shape index (κ3) is 8.95. The second kappa shape index (κ2) is 13.4. The summed E-state index contributed by atoms with van der Waals surface area (Å²) < 4.78 is 12.8. The lowest BCUT2D eigenvalue weighted by Crippen LogP contribution is -1.96. The highest BCUT2D eigenvalue weighted by Crippen LogP contribution is 2.18. The molecule has 2 nitrogen and oxygen atoms in total. The van der Waals surface area contributed by atoms with E-state index in [2.05, 4.69) is 41.2 Å². The zero-order valence-electron chi connectivity index (χ0n) is 17.8. The maximum Gasteiger partial charge on any atom is 0.159 e. The molecule has 3 heteroatoms. The molecule has 1 heterocycles. The molecule has 0 radical (unpaired) electrons. The largest absolute Gasteiger partial charge is 0.248 e. The Morgan fingerprint density at radius 1 is 0.750 bits per heavy atom. The van der Waals surface area contributed by atoms with Crippen molar-refractivity contribution in [3.8, 4) is 11.4 Å². The summed E-state index contributed by atoms with van der Waals surface area (Å²) in [6.07, 6.45) is 17.2. The van der Waals surface area contributed by atoms with Crippen LogP contribution in [-0.4, -0.2) is 16.1 Å². The van der Waals surface area contributed by atoms with Crippen molar-refractivity contribution >= 4 is 0 Å². The second-order valence-corrected chi connectivity index (χ2v) is 8.01. The normalized spacial score (nSPS) is 12.2. The first-order chi connectivity index (χ1) is 13.7. The van der Waals surface area contributed by atoms with Gasteiger partial charge in [-0.1, -0.05) is 76.1 Å². The van der Waals surface area contributed by atoms with Crippen LogP contribution in [0.5, 0.6) is 0 Å². The molecule has 1 aromatic heterocycles. The summed E-state index contributed by atoms with van der Waals surface area (Å²) in [4.78, 5) is 9.04. The standard InChI is InChI=1S/C25H37FN2/c1-3-4-5-6-7-8-9-13-22-15-17-24(18-16-22)25-27-19-23(20-28-25)14-11-10-12-21(2)26/h15-21H,3-14H2,1-2H3. The van der Waals surface area contributed by atoms with Gasteiger partial charge in [-0.2, -0.15) is 0 Å². The van der Waals surface area contributed by atoms with Crippen LogP contribution in [0, 0.1) is 0 Å². The van der Waals surface area contributed by atoms with E-state index < -0.39 is 6.17 Å². The number of alkyl halides is 1. The molecular weight excluding hydrogens is 347 g/mol. The van der Waals surface area contributed by atoms with Crippen LogP contribution in [0.3, 0.4) is 0 Å². The summed E-state index contributed by atoms with van der Waals surface area (Å²) in [5.74, 6) is 0.781. The molecular formula is C25H37FN2. The van der Waals surface area contributed by atoms with Gasteiger partial charge in [-0.05, 0) is 50.2 Å². The Hall–Kier alpha value is -1.77. The second-order valence-electron chi connectivity index (χ2n) is 8.01. The van der Waals surface area contributed by atoms with Gasteiger partial charge in [0.2, 0.25) is 0 Å². The molecule has 0 bridgehead atoms. The van der Waals surface area contributed by atoms with Crippen LogP contribution in [0.2, 0.25) is 0 Å². The SMILES string of the molecule is CCCCCCCCCc1ccc(-c2ncc(CCCCC(C)F)cn2)cc1. The molecule has 0 amide bonds. The summed E-state index contributed by atoms with van der Waals surface area (Å²) in [5.41, 5.74) is 3.60. The van der Waals surface area contributed by atoms with Crippen molar-refractivity contribution in [3.63, 3.8) is 0 Å². The molecule has 0 aliphatic rings. The van der Waals surface area contributed by atoms with E-state index in [9.17, 15) is 4.39 Å². The average molecular weight is 385 g/mol. The molecule has 0 spiro atoms. The van der Waals surface area contributed by atoms with Crippen LogP contribution >= 0.6 is 0 Å².